The van der Waals surface area contributed by atoms with Gasteiger partial charge >= 0.3 is 5.97 Å². The molecule has 3 aliphatic rings. The third-order valence-corrected chi connectivity index (χ3v) is 8.99. The molecule has 8 heteroatoms. The van der Waals surface area contributed by atoms with Gasteiger partial charge in [0.1, 0.15) is 22.9 Å². The van der Waals surface area contributed by atoms with Crippen molar-refractivity contribution in [2.24, 2.45) is 0 Å². The van der Waals surface area contributed by atoms with Gasteiger partial charge in [-0.25, -0.2) is 4.39 Å². The third-order valence-electron chi connectivity index (χ3n) is 8.99. The van der Waals surface area contributed by atoms with Gasteiger partial charge in [-0.2, -0.15) is 0 Å². The number of nitrogens with zero attached hydrogens (tertiary/aromatic N) is 2. The van der Waals surface area contributed by atoms with E-state index in [9.17, 15) is 9.18 Å². The normalized spacial score (nSPS) is 18.7. The predicted octanol–water partition coefficient (Wildman–Crippen LogP) is 6.66. The van der Waals surface area contributed by atoms with Crippen LogP contribution in [-0.2, 0) is 16.0 Å². The Bertz CT molecular complexity index is 1360. The molecule has 0 N–H and O–H groups in total. The molecule has 1 atom stereocenters. The van der Waals surface area contributed by atoms with Crippen molar-refractivity contribution in [3.63, 3.8) is 0 Å². The quantitative estimate of drug-likeness (QED) is 0.158. The standard InChI is InChI=1S/C36H45FN2O4.ClH/c1-5-16-39-18-15-31-30(25-39)35-32(42-34(40)10-7-17-38-19-21-41-22-20-38)23-28(24-33(35)43-36(31,3)4)26(2)8-6-9-27-11-13-29(37)14-12-27;/h1,11-14,23-24,26H,6-10,15-22,25H2,2-4H3;1H. The average molecular weight is 625 g/mol. The lowest BCUT2D eigenvalue weighted by atomic mass is 9.80. The van der Waals surface area contributed by atoms with E-state index in [1.54, 1.807) is 0 Å². The Morgan fingerprint density at radius 2 is 1.86 bits per heavy atom. The van der Waals surface area contributed by atoms with Crippen LogP contribution in [0.15, 0.2) is 42.0 Å². The minimum Gasteiger partial charge on any atom is -0.483 e. The van der Waals surface area contributed by atoms with Crippen molar-refractivity contribution in [3.05, 3.63) is 64.5 Å². The van der Waals surface area contributed by atoms with Gasteiger partial charge in [-0.05, 0) is 105 Å². The molecule has 2 aromatic rings. The number of terminal acetylenes is 1. The van der Waals surface area contributed by atoms with E-state index >= 15 is 0 Å². The van der Waals surface area contributed by atoms with Crippen molar-refractivity contribution >= 4 is 23.9 Å². The zero-order valence-corrected chi connectivity index (χ0v) is 27.1. The van der Waals surface area contributed by atoms with Crippen LogP contribution >= 0.6 is 12.4 Å². The molecule has 0 radical (unpaired) electrons. The Labute approximate surface area is 268 Å². The molecule has 0 saturated carbocycles. The lowest BCUT2D eigenvalue weighted by Crippen LogP contribution is -2.42. The first-order valence-corrected chi connectivity index (χ1v) is 15.7. The molecule has 6 nitrogen and oxygen atoms in total. The number of carbonyl (C=O) groups excluding carboxylic acids is 1. The smallest absolute Gasteiger partial charge is 0.311 e. The molecule has 0 aliphatic carbocycles. The highest BCUT2D eigenvalue weighted by Crippen LogP contribution is 2.49. The summed E-state index contributed by atoms with van der Waals surface area (Å²) in [6.45, 7) is 12.8. The molecule has 2 aromatic carbocycles. The Balaban J connectivity index is 0.00000442. The SMILES string of the molecule is C#CCN1CCC2=C(C1)c1c(OC(=O)CCCN3CCOCC3)cc(C(C)CCCc3ccc(F)cc3)cc1OC2(C)C.Cl. The number of carbonyl (C=O) groups is 1. The van der Waals surface area contributed by atoms with E-state index < -0.39 is 5.60 Å². The molecule has 0 amide bonds. The van der Waals surface area contributed by atoms with E-state index in [-0.39, 0.29) is 30.1 Å². The van der Waals surface area contributed by atoms with Crippen molar-refractivity contribution in [2.45, 2.75) is 70.8 Å². The van der Waals surface area contributed by atoms with E-state index in [0.717, 1.165) is 93.9 Å². The zero-order chi connectivity index (χ0) is 30.4. The molecule has 1 fully saturated rings. The number of morpholine rings is 1. The lowest BCUT2D eigenvalue weighted by Gasteiger charge is -2.42. The minimum atomic E-state index is -0.464. The Morgan fingerprint density at radius 3 is 2.59 bits per heavy atom. The molecule has 0 aromatic heterocycles. The van der Waals surface area contributed by atoms with Crippen LogP contribution in [0.5, 0.6) is 11.5 Å². The molecule has 3 aliphatic heterocycles. The molecule has 5 rings (SSSR count). The van der Waals surface area contributed by atoms with Gasteiger partial charge in [-0.15, -0.1) is 18.8 Å². The fourth-order valence-corrected chi connectivity index (χ4v) is 6.54. The van der Waals surface area contributed by atoms with Crippen LogP contribution < -0.4 is 9.47 Å². The van der Waals surface area contributed by atoms with E-state index in [1.165, 1.54) is 23.3 Å². The average Bonchev–Trinajstić information content (AvgIpc) is 2.98. The number of rotatable bonds is 11. The summed E-state index contributed by atoms with van der Waals surface area (Å²) in [5.74, 6) is 3.92. The van der Waals surface area contributed by atoms with Crippen molar-refractivity contribution in [2.75, 3.05) is 52.5 Å². The summed E-state index contributed by atoms with van der Waals surface area (Å²) >= 11 is 0. The van der Waals surface area contributed by atoms with Crippen molar-refractivity contribution in [1.29, 1.82) is 0 Å². The zero-order valence-electron chi connectivity index (χ0n) is 26.3. The van der Waals surface area contributed by atoms with Crippen LogP contribution in [-0.4, -0.2) is 73.9 Å². The number of hydrogen-bond donors (Lipinski definition) is 0. The van der Waals surface area contributed by atoms with Crippen molar-refractivity contribution in [3.8, 4) is 23.8 Å². The highest BCUT2D eigenvalue weighted by molar-refractivity contribution is 5.85. The van der Waals surface area contributed by atoms with Crippen molar-refractivity contribution < 1.29 is 23.4 Å². The maximum atomic E-state index is 13.3. The summed E-state index contributed by atoms with van der Waals surface area (Å²) in [5, 5.41) is 0. The molecule has 0 spiro atoms. The Kier molecular flexibility index (Phi) is 11.9. The van der Waals surface area contributed by atoms with Crippen LogP contribution in [0.2, 0.25) is 0 Å². The van der Waals surface area contributed by atoms with Gasteiger partial charge in [0.25, 0.3) is 0 Å². The van der Waals surface area contributed by atoms with Crippen LogP contribution in [0.4, 0.5) is 4.39 Å². The number of fused-ring (bicyclic) bond motifs is 2. The molecular weight excluding hydrogens is 579 g/mol. The molecule has 3 heterocycles. The first kappa shape index (κ1) is 34.0. The van der Waals surface area contributed by atoms with Crippen LogP contribution in [0.25, 0.3) is 5.57 Å². The van der Waals surface area contributed by atoms with E-state index in [4.69, 9.17) is 20.6 Å². The van der Waals surface area contributed by atoms with Crippen LogP contribution in [0.1, 0.15) is 75.5 Å². The summed E-state index contributed by atoms with van der Waals surface area (Å²) in [6, 6.07) is 10.9. The Morgan fingerprint density at radius 1 is 1.11 bits per heavy atom. The van der Waals surface area contributed by atoms with Crippen molar-refractivity contribution in [1.82, 2.24) is 9.80 Å². The van der Waals surface area contributed by atoms with Gasteiger partial charge in [0, 0.05) is 32.6 Å². The van der Waals surface area contributed by atoms with Gasteiger partial charge in [0.15, 0.2) is 0 Å². The maximum Gasteiger partial charge on any atom is 0.311 e. The van der Waals surface area contributed by atoms with Crippen LogP contribution in [0.3, 0.4) is 0 Å². The van der Waals surface area contributed by atoms with Gasteiger partial charge in [-0.1, -0.05) is 25.0 Å². The summed E-state index contributed by atoms with van der Waals surface area (Å²) in [4.78, 5) is 17.8. The van der Waals surface area contributed by atoms with Gasteiger partial charge in [-0.3, -0.25) is 14.6 Å². The monoisotopic (exact) mass is 624 g/mol. The molecule has 0 bridgehead atoms. The Hall–Kier alpha value is -2.89. The summed E-state index contributed by atoms with van der Waals surface area (Å²) in [7, 11) is 0. The number of hydrogen-bond acceptors (Lipinski definition) is 6. The molecular formula is C36H46ClFN2O4. The second kappa shape index (κ2) is 15.4. The van der Waals surface area contributed by atoms with E-state index in [1.807, 2.05) is 18.2 Å². The van der Waals surface area contributed by atoms with Crippen LogP contribution in [0, 0.1) is 18.2 Å². The molecule has 1 saturated heterocycles. The summed E-state index contributed by atoms with van der Waals surface area (Å²) in [6.07, 6.45) is 10.4. The second-order valence-electron chi connectivity index (χ2n) is 12.6. The maximum absolute atomic E-state index is 13.3. The predicted molar refractivity (Wildman–Crippen MR) is 175 cm³/mol. The molecule has 44 heavy (non-hydrogen) atoms. The van der Waals surface area contributed by atoms with E-state index in [2.05, 4.69) is 42.6 Å². The number of ether oxygens (including phenoxy) is 3. The number of aryl methyl sites for hydroxylation is 1. The molecule has 238 valence electrons. The van der Waals surface area contributed by atoms with E-state index in [0.29, 0.717) is 25.3 Å². The second-order valence-corrected chi connectivity index (χ2v) is 12.6. The third kappa shape index (κ3) is 8.43. The first-order chi connectivity index (χ1) is 20.7. The highest BCUT2D eigenvalue weighted by atomic mass is 35.5. The number of halogens is 2. The van der Waals surface area contributed by atoms with Gasteiger partial charge < -0.3 is 14.2 Å². The number of esters is 1. The first-order valence-electron chi connectivity index (χ1n) is 15.7. The fraction of sp³-hybridized carbons (Fsp3) is 0.528. The summed E-state index contributed by atoms with van der Waals surface area (Å²) in [5.41, 5.74) is 5.06. The molecule has 1 unspecified atom stereocenters. The summed E-state index contributed by atoms with van der Waals surface area (Å²) < 4.78 is 31.7. The number of benzene rings is 2. The highest BCUT2D eigenvalue weighted by Gasteiger charge is 2.39. The lowest BCUT2D eigenvalue weighted by molar-refractivity contribution is -0.134. The topological polar surface area (TPSA) is 51.2 Å². The fourth-order valence-electron chi connectivity index (χ4n) is 6.54. The van der Waals surface area contributed by atoms with Gasteiger partial charge in [0.05, 0.1) is 25.3 Å². The van der Waals surface area contributed by atoms with Gasteiger partial charge in [0.2, 0.25) is 0 Å². The minimum absolute atomic E-state index is 0. The largest absolute Gasteiger partial charge is 0.483 e.